The fourth-order valence-electron chi connectivity index (χ4n) is 8.19. The Kier molecular flexibility index (Phi) is 51.6. The molecule has 0 aliphatic heterocycles. The quantitative estimate of drug-likeness (QED) is 0.0211. The zero-order valence-corrected chi connectivity index (χ0v) is 47.3. The SMILES string of the molecule is CC/C=C\C/C=C\C/C=C\C/C=C\C/C=C\C/C=C\CCCCC(=O)OC(COC(=O)CCCCCCCCCCCCCCCCCCCCCCCCCCCC)COC(OCC[N+](C)(C)C)C(=O)O. The molecular weight excluding hydrogens is 899 g/mol. The van der Waals surface area contributed by atoms with E-state index in [1.165, 1.54) is 148 Å². The van der Waals surface area contributed by atoms with Crippen LogP contribution < -0.4 is 0 Å². The summed E-state index contributed by atoms with van der Waals surface area (Å²) in [7, 11) is 5.95. The Hall–Kier alpha value is -3.27. The predicted octanol–water partition coefficient (Wildman–Crippen LogP) is 17.4. The average molecular weight is 1010 g/mol. The number of carboxylic acids is 1. The maximum Gasteiger partial charge on any atom is 0.361 e. The minimum absolute atomic E-state index is 0.177. The average Bonchev–Trinajstić information content (AvgIpc) is 3.35. The van der Waals surface area contributed by atoms with Gasteiger partial charge in [-0.25, -0.2) is 4.79 Å². The number of hydrogen-bond acceptors (Lipinski definition) is 7. The Balaban J connectivity index is 4.27. The van der Waals surface area contributed by atoms with Crippen molar-refractivity contribution >= 4 is 17.9 Å². The van der Waals surface area contributed by atoms with Crippen molar-refractivity contribution in [3.63, 3.8) is 0 Å². The molecule has 0 bridgehead atoms. The molecule has 72 heavy (non-hydrogen) atoms. The van der Waals surface area contributed by atoms with Crippen molar-refractivity contribution < 1.29 is 42.9 Å². The first-order chi connectivity index (χ1) is 35.1. The molecule has 0 aromatic carbocycles. The van der Waals surface area contributed by atoms with Crippen LogP contribution in [0.5, 0.6) is 0 Å². The first-order valence-corrected chi connectivity index (χ1v) is 29.6. The molecule has 0 rings (SSSR count). The Morgan fingerprint density at radius 2 is 0.792 bits per heavy atom. The highest BCUT2D eigenvalue weighted by Crippen LogP contribution is 2.17. The van der Waals surface area contributed by atoms with Gasteiger partial charge in [0.25, 0.3) is 6.29 Å². The topological polar surface area (TPSA) is 108 Å². The summed E-state index contributed by atoms with van der Waals surface area (Å²) in [6, 6.07) is 0. The summed E-state index contributed by atoms with van der Waals surface area (Å²) in [5.41, 5.74) is 0. The number of hydrogen-bond donors (Lipinski definition) is 1. The minimum atomic E-state index is -1.52. The van der Waals surface area contributed by atoms with Crippen molar-refractivity contribution in [3.05, 3.63) is 72.9 Å². The molecule has 416 valence electrons. The molecule has 2 atom stereocenters. The molecule has 0 aromatic rings. The van der Waals surface area contributed by atoms with Gasteiger partial charge in [-0.05, 0) is 64.2 Å². The van der Waals surface area contributed by atoms with E-state index in [-0.39, 0.29) is 32.2 Å². The van der Waals surface area contributed by atoms with Crippen LogP contribution in [-0.2, 0) is 33.3 Å². The number of carbonyl (C=O) groups is 3. The second kappa shape index (κ2) is 54.0. The van der Waals surface area contributed by atoms with Gasteiger partial charge in [0.15, 0.2) is 6.10 Å². The molecule has 0 fully saturated rings. The molecule has 0 aliphatic rings. The number of aliphatic carboxylic acids is 1. The molecule has 9 nitrogen and oxygen atoms in total. The van der Waals surface area contributed by atoms with Gasteiger partial charge in [0.2, 0.25) is 0 Å². The first kappa shape index (κ1) is 68.7. The summed E-state index contributed by atoms with van der Waals surface area (Å²) in [6.45, 7) is 4.73. The molecule has 0 saturated heterocycles. The van der Waals surface area contributed by atoms with Crippen LogP contribution in [-0.4, -0.2) is 87.4 Å². The van der Waals surface area contributed by atoms with Crippen LogP contribution >= 0.6 is 0 Å². The fraction of sp³-hybridized carbons (Fsp3) is 0.762. The van der Waals surface area contributed by atoms with Gasteiger partial charge in [-0.2, -0.15) is 0 Å². The molecule has 0 spiro atoms. The lowest BCUT2D eigenvalue weighted by molar-refractivity contribution is -0.870. The van der Waals surface area contributed by atoms with E-state index in [2.05, 4.69) is 86.8 Å². The van der Waals surface area contributed by atoms with E-state index >= 15 is 0 Å². The number of carboxylic acid groups (broad SMARTS) is 1. The lowest BCUT2D eigenvalue weighted by Gasteiger charge is -2.25. The minimum Gasteiger partial charge on any atom is -0.477 e. The van der Waals surface area contributed by atoms with E-state index in [0.717, 1.165) is 70.6 Å². The van der Waals surface area contributed by atoms with Gasteiger partial charge < -0.3 is 28.5 Å². The standard InChI is InChI=1S/C63H111NO8/c1-6-8-10-12-14-16-18-20-22-24-26-28-29-30-31-32-34-35-37-39-41-43-45-47-49-51-53-60(65)70-57-59(58-71-63(62(67)68)69-56-55-64(3,4)5)72-61(66)54-52-50-48-46-44-42-40-38-36-33-27-25-23-21-19-17-15-13-11-9-7-2/h9,11,15,17,21,23,27,33,38,40,44,46,59,63H,6-8,10,12-14,16,18-20,22,24-26,28-32,34-37,39,41-43,45,47-58H2,1-5H3/p+1/b11-9-,17-15-,23-21-,33-27-,40-38-,46-44-. The van der Waals surface area contributed by atoms with E-state index in [1.54, 1.807) is 0 Å². The smallest absolute Gasteiger partial charge is 0.361 e. The summed E-state index contributed by atoms with van der Waals surface area (Å²) in [5, 5.41) is 9.70. The van der Waals surface area contributed by atoms with E-state index in [0.29, 0.717) is 23.9 Å². The molecule has 0 amide bonds. The summed E-state index contributed by atoms with van der Waals surface area (Å²) in [6.07, 6.45) is 67.1. The number of unbranched alkanes of at least 4 members (excludes halogenated alkanes) is 27. The van der Waals surface area contributed by atoms with Crippen molar-refractivity contribution in [1.82, 2.24) is 0 Å². The van der Waals surface area contributed by atoms with Gasteiger partial charge in [-0.3, -0.25) is 9.59 Å². The zero-order valence-electron chi connectivity index (χ0n) is 47.3. The number of allylic oxidation sites excluding steroid dienone is 12. The van der Waals surface area contributed by atoms with Crippen LogP contribution in [0.25, 0.3) is 0 Å². The van der Waals surface area contributed by atoms with Crippen LogP contribution in [0, 0.1) is 0 Å². The molecular formula is C63H112NO8+. The normalized spacial score (nSPS) is 13.3. The van der Waals surface area contributed by atoms with Crippen LogP contribution in [0.2, 0.25) is 0 Å². The van der Waals surface area contributed by atoms with Gasteiger partial charge in [0.05, 0.1) is 34.4 Å². The van der Waals surface area contributed by atoms with Crippen molar-refractivity contribution in [3.8, 4) is 0 Å². The highest BCUT2D eigenvalue weighted by molar-refractivity contribution is 5.71. The van der Waals surface area contributed by atoms with Crippen LogP contribution in [0.1, 0.15) is 251 Å². The third-order valence-electron chi connectivity index (χ3n) is 12.7. The van der Waals surface area contributed by atoms with E-state index in [1.807, 2.05) is 21.1 Å². The largest absolute Gasteiger partial charge is 0.477 e. The molecule has 0 radical (unpaired) electrons. The first-order valence-electron chi connectivity index (χ1n) is 29.6. The molecule has 0 heterocycles. The van der Waals surface area contributed by atoms with Crippen molar-refractivity contribution in [2.75, 3.05) is 47.5 Å². The Morgan fingerprint density at radius 1 is 0.431 bits per heavy atom. The second-order valence-electron chi connectivity index (χ2n) is 20.9. The number of nitrogens with zero attached hydrogens (tertiary/aromatic N) is 1. The summed E-state index contributed by atoms with van der Waals surface area (Å²) >= 11 is 0. The number of ether oxygens (including phenoxy) is 4. The molecule has 0 saturated carbocycles. The molecule has 2 unspecified atom stereocenters. The van der Waals surface area contributed by atoms with Gasteiger partial charge in [-0.1, -0.05) is 247 Å². The Bertz CT molecular complexity index is 1410. The summed E-state index contributed by atoms with van der Waals surface area (Å²) < 4.78 is 22.8. The number of esters is 2. The fourth-order valence-corrected chi connectivity index (χ4v) is 8.19. The highest BCUT2D eigenvalue weighted by atomic mass is 16.7. The van der Waals surface area contributed by atoms with Gasteiger partial charge in [0, 0.05) is 12.8 Å². The Morgan fingerprint density at radius 3 is 1.18 bits per heavy atom. The lowest BCUT2D eigenvalue weighted by atomic mass is 10.0. The third-order valence-corrected chi connectivity index (χ3v) is 12.7. The molecule has 0 aromatic heterocycles. The van der Waals surface area contributed by atoms with Gasteiger partial charge in [-0.15, -0.1) is 0 Å². The second-order valence-corrected chi connectivity index (χ2v) is 20.9. The number of likely N-dealkylation sites (N-methyl/N-ethyl adjacent to an activating group) is 1. The van der Waals surface area contributed by atoms with Crippen LogP contribution in [0.15, 0.2) is 72.9 Å². The van der Waals surface area contributed by atoms with Gasteiger partial charge in [0.1, 0.15) is 13.2 Å². The molecule has 9 heteroatoms. The van der Waals surface area contributed by atoms with E-state index in [4.69, 9.17) is 18.9 Å². The third kappa shape index (κ3) is 54.5. The summed E-state index contributed by atoms with van der Waals surface area (Å²) in [4.78, 5) is 37.4. The zero-order chi connectivity index (χ0) is 52.7. The van der Waals surface area contributed by atoms with Crippen molar-refractivity contribution in [1.29, 1.82) is 0 Å². The number of carbonyl (C=O) groups excluding carboxylic acids is 2. The van der Waals surface area contributed by atoms with Crippen LogP contribution in [0.3, 0.4) is 0 Å². The van der Waals surface area contributed by atoms with Crippen molar-refractivity contribution in [2.24, 2.45) is 0 Å². The van der Waals surface area contributed by atoms with Gasteiger partial charge >= 0.3 is 17.9 Å². The molecule has 0 aliphatic carbocycles. The predicted molar refractivity (Wildman–Crippen MR) is 304 cm³/mol. The maximum absolute atomic E-state index is 12.8. The highest BCUT2D eigenvalue weighted by Gasteiger charge is 2.25. The van der Waals surface area contributed by atoms with E-state index < -0.39 is 24.3 Å². The number of quaternary nitrogens is 1. The van der Waals surface area contributed by atoms with Crippen molar-refractivity contribution in [2.45, 2.75) is 264 Å². The summed E-state index contributed by atoms with van der Waals surface area (Å²) in [5.74, 6) is -2.06. The lowest BCUT2D eigenvalue weighted by Crippen LogP contribution is -2.40. The molecule has 1 N–H and O–H groups in total. The monoisotopic (exact) mass is 1010 g/mol. The van der Waals surface area contributed by atoms with E-state index in [9.17, 15) is 19.5 Å². The Labute approximate surface area is 443 Å². The maximum atomic E-state index is 12.8. The van der Waals surface area contributed by atoms with Crippen LogP contribution in [0.4, 0.5) is 0 Å². The number of rotatable bonds is 54.